The van der Waals surface area contributed by atoms with Crippen molar-refractivity contribution in [2.45, 2.75) is 112 Å². The molecule has 0 spiro atoms. The molecule has 4 fully saturated rings. The maximum atomic E-state index is 11.0. The summed E-state index contributed by atoms with van der Waals surface area (Å²) in [6.45, 7) is 14.4. The van der Waals surface area contributed by atoms with Crippen molar-refractivity contribution in [3.05, 3.63) is 11.6 Å². The molecule has 5 rings (SSSR count). The van der Waals surface area contributed by atoms with Crippen molar-refractivity contribution in [3.8, 4) is 0 Å². The summed E-state index contributed by atoms with van der Waals surface area (Å²) in [5.74, 6) is 1.08. The van der Waals surface area contributed by atoms with E-state index in [0.29, 0.717) is 30.3 Å². The van der Waals surface area contributed by atoms with Crippen molar-refractivity contribution in [1.82, 2.24) is 0 Å². The van der Waals surface area contributed by atoms with Crippen molar-refractivity contribution < 1.29 is 20.4 Å². The molecule has 194 valence electrons. The third-order valence-electron chi connectivity index (χ3n) is 13.2. The lowest BCUT2D eigenvalue weighted by Gasteiger charge is -2.71. The predicted molar refractivity (Wildman–Crippen MR) is 135 cm³/mol. The van der Waals surface area contributed by atoms with E-state index in [2.05, 4.69) is 40.7 Å². The van der Waals surface area contributed by atoms with Gasteiger partial charge in [-0.1, -0.05) is 53.2 Å². The molecule has 0 aromatic heterocycles. The standard InChI is InChI=1S/C30H50O4/c1-25(2)11-13-30(18-32)14-12-28(5)19(20(30)15-25)7-8-23-26(3)16-21(33)24(34)27(4,17-31)22(26)9-10-29(23,28)6/h7,20-24,31-34H,8-18H2,1-6H3/t20-,21-,22?,23-,24-,26+,27?,28-,29-,30-/m1/s1. The van der Waals surface area contributed by atoms with Crippen LogP contribution >= 0.6 is 0 Å². The third kappa shape index (κ3) is 2.98. The lowest BCUT2D eigenvalue weighted by molar-refractivity contribution is -0.243. The second kappa shape index (κ2) is 7.55. The second-order valence-corrected chi connectivity index (χ2v) is 15.1. The maximum absolute atomic E-state index is 11.0. The minimum absolute atomic E-state index is 0.0474. The van der Waals surface area contributed by atoms with Crippen LogP contribution in [0.1, 0.15) is 99.3 Å². The molecule has 0 aromatic carbocycles. The van der Waals surface area contributed by atoms with Gasteiger partial charge in [-0.3, -0.25) is 0 Å². The summed E-state index contributed by atoms with van der Waals surface area (Å²) in [6, 6.07) is 0. The Kier molecular flexibility index (Phi) is 5.61. The van der Waals surface area contributed by atoms with Crippen molar-refractivity contribution in [3.63, 3.8) is 0 Å². The van der Waals surface area contributed by atoms with E-state index >= 15 is 0 Å². The summed E-state index contributed by atoms with van der Waals surface area (Å²) in [5.41, 5.74) is 1.42. The Morgan fingerprint density at radius 2 is 1.50 bits per heavy atom. The average molecular weight is 475 g/mol. The third-order valence-corrected chi connectivity index (χ3v) is 13.2. The summed E-state index contributed by atoms with van der Waals surface area (Å²) < 4.78 is 0. The van der Waals surface area contributed by atoms with Crippen molar-refractivity contribution in [2.24, 2.45) is 50.2 Å². The minimum atomic E-state index is -0.866. The quantitative estimate of drug-likeness (QED) is 0.421. The lowest BCUT2D eigenvalue weighted by Crippen LogP contribution is -2.68. The number of aliphatic hydroxyl groups excluding tert-OH is 4. The van der Waals surface area contributed by atoms with Gasteiger partial charge >= 0.3 is 0 Å². The first-order valence-electron chi connectivity index (χ1n) is 14.0. The van der Waals surface area contributed by atoms with Gasteiger partial charge < -0.3 is 20.4 Å². The molecule has 2 unspecified atom stereocenters. The number of hydrogen-bond acceptors (Lipinski definition) is 4. The molecule has 10 atom stereocenters. The van der Waals surface area contributed by atoms with Gasteiger partial charge in [0.25, 0.3) is 0 Å². The average Bonchev–Trinajstić information content (AvgIpc) is 2.77. The monoisotopic (exact) mass is 474 g/mol. The highest BCUT2D eigenvalue weighted by molar-refractivity contribution is 5.34. The van der Waals surface area contributed by atoms with Crippen LogP contribution < -0.4 is 0 Å². The van der Waals surface area contributed by atoms with Gasteiger partial charge in [0.05, 0.1) is 18.8 Å². The van der Waals surface area contributed by atoms with Crippen LogP contribution in [0.15, 0.2) is 11.6 Å². The molecule has 34 heavy (non-hydrogen) atoms. The van der Waals surface area contributed by atoms with Gasteiger partial charge in [0.15, 0.2) is 0 Å². The smallest absolute Gasteiger partial charge is 0.0877 e. The van der Waals surface area contributed by atoms with Crippen LogP contribution in [0.5, 0.6) is 0 Å². The van der Waals surface area contributed by atoms with E-state index in [1.807, 2.05) is 6.92 Å². The zero-order chi connectivity index (χ0) is 24.9. The fraction of sp³-hybridized carbons (Fsp3) is 0.933. The van der Waals surface area contributed by atoms with Gasteiger partial charge in [-0.25, -0.2) is 0 Å². The summed E-state index contributed by atoms with van der Waals surface area (Å²) in [4.78, 5) is 0. The van der Waals surface area contributed by atoms with Crippen LogP contribution in [0.3, 0.4) is 0 Å². The first-order chi connectivity index (χ1) is 15.7. The summed E-state index contributed by atoms with van der Waals surface area (Å²) >= 11 is 0. The molecule has 4 saturated carbocycles. The van der Waals surface area contributed by atoms with Crippen LogP contribution in [0.4, 0.5) is 0 Å². The van der Waals surface area contributed by atoms with E-state index in [4.69, 9.17) is 0 Å². The molecule has 0 saturated heterocycles. The number of fused-ring (bicyclic) bond motifs is 7. The molecule has 4 nitrogen and oxygen atoms in total. The van der Waals surface area contributed by atoms with E-state index in [0.717, 1.165) is 38.5 Å². The predicted octanol–water partition coefficient (Wildman–Crippen LogP) is 5.08. The van der Waals surface area contributed by atoms with E-state index in [9.17, 15) is 20.4 Å². The summed E-state index contributed by atoms with van der Waals surface area (Å²) in [6.07, 6.45) is 10.4. The molecule has 5 aliphatic rings. The Morgan fingerprint density at radius 1 is 0.824 bits per heavy atom. The molecule has 4 N–H and O–H groups in total. The molecular formula is C30H50O4. The van der Waals surface area contributed by atoms with Gasteiger partial charge in [-0.2, -0.15) is 0 Å². The van der Waals surface area contributed by atoms with Gasteiger partial charge in [0, 0.05) is 17.4 Å². The van der Waals surface area contributed by atoms with Crippen LogP contribution in [0, 0.1) is 50.2 Å². The topological polar surface area (TPSA) is 80.9 Å². The van der Waals surface area contributed by atoms with Crippen LogP contribution in [-0.2, 0) is 0 Å². The molecule has 5 aliphatic carbocycles. The Balaban J connectivity index is 1.59. The molecule has 0 amide bonds. The molecule has 0 aliphatic heterocycles. The first kappa shape index (κ1) is 25.2. The number of rotatable bonds is 2. The van der Waals surface area contributed by atoms with E-state index in [1.54, 1.807) is 5.57 Å². The maximum Gasteiger partial charge on any atom is 0.0877 e. The Morgan fingerprint density at radius 3 is 2.15 bits per heavy atom. The van der Waals surface area contributed by atoms with Crippen molar-refractivity contribution in [2.75, 3.05) is 13.2 Å². The van der Waals surface area contributed by atoms with Gasteiger partial charge in [-0.15, -0.1) is 0 Å². The van der Waals surface area contributed by atoms with Crippen LogP contribution in [0.25, 0.3) is 0 Å². The molecule has 0 bridgehead atoms. The van der Waals surface area contributed by atoms with E-state index in [-0.39, 0.29) is 34.2 Å². The Labute approximate surface area is 207 Å². The van der Waals surface area contributed by atoms with Crippen LogP contribution in [-0.4, -0.2) is 45.8 Å². The largest absolute Gasteiger partial charge is 0.396 e. The lowest BCUT2D eigenvalue weighted by atomic mass is 9.33. The molecular weight excluding hydrogens is 424 g/mol. The number of allylic oxidation sites excluding steroid dienone is 2. The Bertz CT molecular complexity index is 866. The van der Waals surface area contributed by atoms with E-state index in [1.165, 1.54) is 12.8 Å². The van der Waals surface area contributed by atoms with Gasteiger partial charge in [0.1, 0.15) is 0 Å². The normalized spacial score (nSPS) is 56.4. The zero-order valence-corrected chi connectivity index (χ0v) is 22.5. The highest BCUT2D eigenvalue weighted by atomic mass is 16.3. The zero-order valence-electron chi connectivity index (χ0n) is 22.5. The number of aliphatic hydroxyl groups is 4. The minimum Gasteiger partial charge on any atom is -0.396 e. The second-order valence-electron chi connectivity index (χ2n) is 15.1. The van der Waals surface area contributed by atoms with E-state index < -0.39 is 17.6 Å². The van der Waals surface area contributed by atoms with Crippen molar-refractivity contribution >= 4 is 0 Å². The molecule has 4 heteroatoms. The summed E-state index contributed by atoms with van der Waals surface area (Å²) in [5, 5.41) is 43.0. The summed E-state index contributed by atoms with van der Waals surface area (Å²) in [7, 11) is 0. The highest BCUT2D eigenvalue weighted by Crippen LogP contribution is 2.75. The van der Waals surface area contributed by atoms with Gasteiger partial charge in [0.2, 0.25) is 0 Å². The molecule has 0 aromatic rings. The number of hydrogen-bond donors (Lipinski definition) is 4. The van der Waals surface area contributed by atoms with Crippen molar-refractivity contribution in [1.29, 1.82) is 0 Å². The SMILES string of the molecule is CC1(C)CC[C@]2(CO)CC[C@]3(C)C(=CC[C@@H]4[C@@]5(C)C[C@@H](O)[C@@H](O)C(C)(CO)C5CC[C@]43C)[C@H]2C1. The molecule has 0 heterocycles. The van der Waals surface area contributed by atoms with Gasteiger partial charge in [-0.05, 0) is 97.2 Å². The highest BCUT2D eigenvalue weighted by Gasteiger charge is 2.69. The Hall–Kier alpha value is -0.420. The van der Waals surface area contributed by atoms with Crippen LogP contribution in [0.2, 0.25) is 0 Å². The molecule has 0 radical (unpaired) electrons. The first-order valence-corrected chi connectivity index (χ1v) is 14.0. The fourth-order valence-corrected chi connectivity index (χ4v) is 10.8. The fourth-order valence-electron chi connectivity index (χ4n) is 10.8.